The number of halogens is 1. The standard InChI is InChI=1S/C17H20INO/c1-11-5-7-13(17(2,3)4)16(9-11)20-15-8-6-12(19)10-14(15)18/h5-10H,19H2,1-4H3. The van der Waals surface area contributed by atoms with Gasteiger partial charge in [-0.25, -0.2) is 0 Å². The van der Waals surface area contributed by atoms with Gasteiger partial charge in [0.2, 0.25) is 0 Å². The summed E-state index contributed by atoms with van der Waals surface area (Å²) in [7, 11) is 0. The normalized spacial score (nSPS) is 11.4. The van der Waals surface area contributed by atoms with Gasteiger partial charge in [-0.05, 0) is 64.8 Å². The summed E-state index contributed by atoms with van der Waals surface area (Å²) in [5.41, 5.74) is 8.98. The molecule has 2 aromatic carbocycles. The fraction of sp³-hybridized carbons (Fsp3) is 0.294. The number of nitrogens with two attached hydrogens (primary N) is 1. The van der Waals surface area contributed by atoms with Crippen molar-refractivity contribution in [1.29, 1.82) is 0 Å². The van der Waals surface area contributed by atoms with Crippen LogP contribution in [-0.2, 0) is 5.41 Å². The van der Waals surface area contributed by atoms with Gasteiger partial charge < -0.3 is 10.5 Å². The predicted octanol–water partition coefficient (Wildman–Crippen LogP) is 5.27. The van der Waals surface area contributed by atoms with Crippen molar-refractivity contribution in [1.82, 2.24) is 0 Å². The first-order chi connectivity index (χ1) is 9.27. The van der Waals surface area contributed by atoms with Crippen LogP contribution in [0.15, 0.2) is 36.4 Å². The van der Waals surface area contributed by atoms with E-state index in [4.69, 9.17) is 10.5 Å². The zero-order chi connectivity index (χ0) is 14.9. The van der Waals surface area contributed by atoms with Crippen molar-refractivity contribution in [2.75, 3.05) is 5.73 Å². The summed E-state index contributed by atoms with van der Waals surface area (Å²) in [4.78, 5) is 0. The van der Waals surface area contributed by atoms with Gasteiger partial charge in [0.25, 0.3) is 0 Å². The molecule has 0 aliphatic rings. The first-order valence-corrected chi connectivity index (χ1v) is 7.69. The molecule has 0 amide bonds. The second-order valence-electron chi connectivity index (χ2n) is 6.04. The van der Waals surface area contributed by atoms with E-state index in [9.17, 15) is 0 Å². The van der Waals surface area contributed by atoms with Crippen LogP contribution in [0.5, 0.6) is 11.5 Å². The van der Waals surface area contributed by atoms with Crippen LogP contribution in [0, 0.1) is 10.5 Å². The number of ether oxygens (including phenoxy) is 1. The lowest BCUT2D eigenvalue weighted by Crippen LogP contribution is -2.12. The third-order valence-corrected chi connectivity index (χ3v) is 3.96. The molecule has 0 atom stereocenters. The van der Waals surface area contributed by atoms with E-state index in [-0.39, 0.29) is 5.41 Å². The molecule has 0 aromatic heterocycles. The van der Waals surface area contributed by atoms with Crippen LogP contribution >= 0.6 is 22.6 Å². The predicted molar refractivity (Wildman–Crippen MR) is 93.5 cm³/mol. The van der Waals surface area contributed by atoms with E-state index < -0.39 is 0 Å². The second-order valence-corrected chi connectivity index (χ2v) is 7.20. The van der Waals surface area contributed by atoms with Gasteiger partial charge in [0.15, 0.2) is 0 Å². The van der Waals surface area contributed by atoms with Crippen LogP contribution in [0.25, 0.3) is 0 Å². The summed E-state index contributed by atoms with van der Waals surface area (Å²) in [6, 6.07) is 12.1. The molecule has 2 rings (SSSR count). The third-order valence-electron chi connectivity index (χ3n) is 3.12. The molecule has 0 aliphatic carbocycles. The largest absolute Gasteiger partial charge is 0.456 e. The van der Waals surface area contributed by atoms with Crippen LogP contribution < -0.4 is 10.5 Å². The molecular formula is C17H20INO. The van der Waals surface area contributed by atoms with E-state index in [1.54, 1.807) is 0 Å². The monoisotopic (exact) mass is 381 g/mol. The van der Waals surface area contributed by atoms with E-state index in [0.29, 0.717) is 0 Å². The first kappa shape index (κ1) is 15.2. The summed E-state index contributed by atoms with van der Waals surface area (Å²) in [5, 5.41) is 0. The summed E-state index contributed by atoms with van der Waals surface area (Å²) < 4.78 is 7.16. The average Bonchev–Trinajstić information content (AvgIpc) is 2.31. The van der Waals surface area contributed by atoms with Gasteiger partial charge in [-0.15, -0.1) is 0 Å². The number of nitrogen functional groups attached to an aromatic ring is 1. The first-order valence-electron chi connectivity index (χ1n) is 6.61. The fourth-order valence-electron chi connectivity index (χ4n) is 2.05. The molecule has 0 heterocycles. The van der Waals surface area contributed by atoms with Gasteiger partial charge in [-0.1, -0.05) is 32.9 Å². The highest BCUT2D eigenvalue weighted by Crippen LogP contribution is 2.36. The summed E-state index contributed by atoms with van der Waals surface area (Å²) in [6.45, 7) is 8.66. The van der Waals surface area contributed by atoms with E-state index in [0.717, 1.165) is 20.8 Å². The molecule has 0 radical (unpaired) electrons. The van der Waals surface area contributed by atoms with E-state index in [1.807, 2.05) is 18.2 Å². The molecule has 0 spiro atoms. The Morgan fingerprint density at radius 2 is 1.70 bits per heavy atom. The van der Waals surface area contributed by atoms with Crippen LogP contribution in [0.4, 0.5) is 5.69 Å². The average molecular weight is 381 g/mol. The Labute approximate surface area is 134 Å². The minimum atomic E-state index is 0.0439. The van der Waals surface area contributed by atoms with Gasteiger partial charge in [-0.3, -0.25) is 0 Å². The third kappa shape index (κ3) is 3.45. The lowest BCUT2D eigenvalue weighted by molar-refractivity contribution is 0.452. The number of rotatable bonds is 2. The smallest absolute Gasteiger partial charge is 0.140 e. The van der Waals surface area contributed by atoms with Gasteiger partial charge in [-0.2, -0.15) is 0 Å². The highest BCUT2D eigenvalue weighted by molar-refractivity contribution is 14.1. The van der Waals surface area contributed by atoms with Gasteiger partial charge in [0.1, 0.15) is 11.5 Å². The summed E-state index contributed by atoms with van der Waals surface area (Å²) >= 11 is 2.25. The van der Waals surface area contributed by atoms with Crippen molar-refractivity contribution in [3.05, 3.63) is 51.1 Å². The minimum absolute atomic E-state index is 0.0439. The zero-order valence-corrected chi connectivity index (χ0v) is 14.5. The lowest BCUT2D eigenvalue weighted by Gasteiger charge is -2.23. The van der Waals surface area contributed by atoms with Crippen molar-refractivity contribution in [3.8, 4) is 11.5 Å². The Morgan fingerprint density at radius 3 is 2.30 bits per heavy atom. The topological polar surface area (TPSA) is 35.2 Å². The number of hydrogen-bond donors (Lipinski definition) is 1. The molecule has 0 saturated carbocycles. The van der Waals surface area contributed by atoms with E-state index in [1.165, 1.54) is 11.1 Å². The summed E-state index contributed by atoms with van der Waals surface area (Å²) in [6.07, 6.45) is 0. The molecule has 2 N–H and O–H groups in total. The maximum Gasteiger partial charge on any atom is 0.140 e. The number of benzene rings is 2. The molecule has 0 unspecified atom stereocenters. The molecule has 0 saturated heterocycles. The Bertz CT molecular complexity index is 629. The van der Waals surface area contributed by atoms with Crippen molar-refractivity contribution in [2.24, 2.45) is 0 Å². The van der Waals surface area contributed by atoms with Crippen LogP contribution in [0.2, 0.25) is 0 Å². The van der Waals surface area contributed by atoms with Crippen molar-refractivity contribution in [3.63, 3.8) is 0 Å². The van der Waals surface area contributed by atoms with Crippen molar-refractivity contribution < 1.29 is 4.74 Å². The Hall–Kier alpha value is -1.23. The molecule has 3 heteroatoms. The molecule has 2 aromatic rings. The van der Waals surface area contributed by atoms with Gasteiger partial charge >= 0.3 is 0 Å². The molecular weight excluding hydrogens is 361 g/mol. The quantitative estimate of drug-likeness (QED) is 0.568. The number of anilines is 1. The van der Waals surface area contributed by atoms with Crippen molar-refractivity contribution >= 4 is 28.3 Å². The maximum atomic E-state index is 6.14. The molecule has 0 fully saturated rings. The highest BCUT2D eigenvalue weighted by atomic mass is 127. The molecule has 0 aliphatic heterocycles. The minimum Gasteiger partial charge on any atom is -0.456 e. The second kappa shape index (κ2) is 5.64. The Balaban J connectivity index is 2.45. The molecule has 106 valence electrons. The lowest BCUT2D eigenvalue weighted by atomic mass is 9.86. The molecule has 0 bridgehead atoms. The van der Waals surface area contributed by atoms with Gasteiger partial charge in [0.05, 0.1) is 3.57 Å². The highest BCUT2D eigenvalue weighted by Gasteiger charge is 2.19. The van der Waals surface area contributed by atoms with Crippen LogP contribution in [0.1, 0.15) is 31.9 Å². The van der Waals surface area contributed by atoms with Crippen LogP contribution in [0.3, 0.4) is 0 Å². The Kier molecular flexibility index (Phi) is 4.28. The Morgan fingerprint density at radius 1 is 1.00 bits per heavy atom. The van der Waals surface area contributed by atoms with E-state index in [2.05, 4.69) is 68.5 Å². The zero-order valence-electron chi connectivity index (χ0n) is 12.3. The number of hydrogen-bond acceptors (Lipinski definition) is 2. The maximum absolute atomic E-state index is 6.14. The SMILES string of the molecule is Cc1ccc(C(C)(C)C)c(Oc2ccc(N)cc2I)c1. The van der Waals surface area contributed by atoms with Crippen LogP contribution in [-0.4, -0.2) is 0 Å². The number of aryl methyl sites for hydroxylation is 1. The molecule has 20 heavy (non-hydrogen) atoms. The summed E-state index contributed by atoms with van der Waals surface area (Å²) in [5.74, 6) is 1.76. The molecule has 2 nitrogen and oxygen atoms in total. The van der Waals surface area contributed by atoms with Gasteiger partial charge in [0, 0.05) is 11.3 Å². The fourth-order valence-corrected chi connectivity index (χ4v) is 2.70. The van der Waals surface area contributed by atoms with E-state index >= 15 is 0 Å². The van der Waals surface area contributed by atoms with Crippen molar-refractivity contribution in [2.45, 2.75) is 33.1 Å².